The summed E-state index contributed by atoms with van der Waals surface area (Å²) in [5.74, 6) is 0.809. The summed E-state index contributed by atoms with van der Waals surface area (Å²) in [7, 11) is 1.93. The third-order valence-corrected chi connectivity index (χ3v) is 2.19. The Balaban J connectivity index is 2.10. The topological polar surface area (TPSA) is 39.4 Å². The summed E-state index contributed by atoms with van der Waals surface area (Å²) in [6.45, 7) is 2.89. The molecule has 0 atom stereocenters. The van der Waals surface area contributed by atoms with Gasteiger partial charge in [0.05, 0.1) is 0 Å². The predicted octanol–water partition coefficient (Wildman–Crippen LogP) is 2.35. The van der Waals surface area contributed by atoms with Crippen molar-refractivity contribution in [1.29, 1.82) is 0 Å². The molecule has 0 aliphatic carbocycles. The van der Waals surface area contributed by atoms with Crippen molar-refractivity contribution in [3.05, 3.63) is 18.2 Å². The van der Waals surface area contributed by atoms with Crippen LogP contribution in [0.1, 0.15) is 38.4 Å². The Bertz CT molecular complexity index is 294. The monoisotopic (exact) mass is 209 g/mol. The van der Waals surface area contributed by atoms with Crippen LogP contribution < -0.4 is 0 Å². The van der Waals surface area contributed by atoms with E-state index in [2.05, 4.69) is 17.1 Å². The van der Waals surface area contributed by atoms with Gasteiger partial charge in [0.25, 0.3) is 0 Å². The van der Waals surface area contributed by atoms with Gasteiger partial charge in [0.2, 0.25) is 0 Å². The van der Waals surface area contributed by atoms with Gasteiger partial charge in [0.15, 0.2) is 5.82 Å². The number of aromatic nitrogens is 2. The van der Waals surface area contributed by atoms with E-state index in [1.54, 1.807) is 12.4 Å². The molecule has 4 nitrogen and oxygen atoms in total. The van der Waals surface area contributed by atoms with Gasteiger partial charge in [0, 0.05) is 19.4 Å². The molecule has 0 N–H and O–H groups in total. The maximum atomic E-state index is 5.12. The van der Waals surface area contributed by atoms with Crippen molar-refractivity contribution in [2.45, 2.75) is 32.6 Å². The van der Waals surface area contributed by atoms with Crippen LogP contribution in [-0.2, 0) is 11.9 Å². The number of oxime groups is 1. The van der Waals surface area contributed by atoms with E-state index in [0.717, 1.165) is 12.2 Å². The fourth-order valence-electron chi connectivity index (χ4n) is 1.23. The molecule has 0 aromatic carbocycles. The average molecular weight is 209 g/mol. The van der Waals surface area contributed by atoms with E-state index >= 15 is 0 Å². The lowest BCUT2D eigenvalue weighted by molar-refractivity contribution is 0.141. The second-order valence-electron chi connectivity index (χ2n) is 3.52. The molecule has 1 rings (SSSR count). The Morgan fingerprint density at radius 1 is 1.47 bits per heavy atom. The Labute approximate surface area is 91.0 Å². The minimum atomic E-state index is 0.695. The molecule has 15 heavy (non-hydrogen) atoms. The maximum absolute atomic E-state index is 5.12. The van der Waals surface area contributed by atoms with Gasteiger partial charge in [-0.1, -0.05) is 24.9 Å². The van der Waals surface area contributed by atoms with Crippen molar-refractivity contribution in [2.75, 3.05) is 6.61 Å². The normalized spacial score (nSPS) is 11.1. The second kappa shape index (κ2) is 7.04. The smallest absolute Gasteiger partial charge is 0.154 e. The van der Waals surface area contributed by atoms with E-state index in [-0.39, 0.29) is 0 Å². The lowest BCUT2D eigenvalue weighted by atomic mass is 10.2. The summed E-state index contributed by atoms with van der Waals surface area (Å²) in [6, 6.07) is 0. The van der Waals surface area contributed by atoms with E-state index < -0.39 is 0 Å². The SMILES string of the molecule is CCCCCCO/N=C/c1nccn1C. The van der Waals surface area contributed by atoms with Gasteiger partial charge < -0.3 is 9.40 Å². The van der Waals surface area contributed by atoms with Crippen molar-refractivity contribution < 1.29 is 4.84 Å². The van der Waals surface area contributed by atoms with Crippen LogP contribution in [0.4, 0.5) is 0 Å². The van der Waals surface area contributed by atoms with Crippen LogP contribution in [0.5, 0.6) is 0 Å². The second-order valence-corrected chi connectivity index (χ2v) is 3.52. The molecule has 0 saturated carbocycles. The minimum absolute atomic E-state index is 0.695. The first kappa shape index (κ1) is 11.8. The van der Waals surface area contributed by atoms with Crippen molar-refractivity contribution in [3.63, 3.8) is 0 Å². The Morgan fingerprint density at radius 3 is 3.00 bits per heavy atom. The highest BCUT2D eigenvalue weighted by molar-refractivity contribution is 5.74. The number of hydrogen-bond donors (Lipinski definition) is 0. The van der Waals surface area contributed by atoms with Crippen LogP contribution in [0.25, 0.3) is 0 Å². The third kappa shape index (κ3) is 4.63. The lowest BCUT2D eigenvalue weighted by Gasteiger charge is -1.98. The molecule has 0 amide bonds. The molecule has 0 fully saturated rings. The highest BCUT2D eigenvalue weighted by atomic mass is 16.6. The molecule has 84 valence electrons. The Hall–Kier alpha value is -1.32. The van der Waals surface area contributed by atoms with Crippen LogP contribution in [0.3, 0.4) is 0 Å². The maximum Gasteiger partial charge on any atom is 0.154 e. The zero-order valence-corrected chi connectivity index (χ0v) is 9.52. The molecule has 0 bridgehead atoms. The molecule has 4 heteroatoms. The average Bonchev–Trinajstić information content (AvgIpc) is 2.63. The largest absolute Gasteiger partial charge is 0.396 e. The van der Waals surface area contributed by atoms with Gasteiger partial charge in [-0.15, -0.1) is 0 Å². The van der Waals surface area contributed by atoms with Crippen molar-refractivity contribution in [2.24, 2.45) is 12.2 Å². The highest BCUT2D eigenvalue weighted by Crippen LogP contribution is 1.99. The Kier molecular flexibility index (Phi) is 5.51. The Morgan fingerprint density at radius 2 is 2.33 bits per heavy atom. The molecular weight excluding hydrogens is 190 g/mol. The van der Waals surface area contributed by atoms with Gasteiger partial charge in [-0.2, -0.15) is 0 Å². The summed E-state index contributed by atoms with van der Waals surface area (Å²) in [4.78, 5) is 9.22. The first-order valence-electron chi connectivity index (χ1n) is 5.47. The molecule has 0 radical (unpaired) electrons. The van der Waals surface area contributed by atoms with E-state index in [0.29, 0.717) is 6.61 Å². The third-order valence-electron chi connectivity index (χ3n) is 2.19. The minimum Gasteiger partial charge on any atom is -0.396 e. The number of nitrogens with zero attached hydrogens (tertiary/aromatic N) is 3. The number of hydrogen-bond acceptors (Lipinski definition) is 3. The highest BCUT2D eigenvalue weighted by Gasteiger charge is 1.93. The number of unbranched alkanes of at least 4 members (excludes halogenated alkanes) is 3. The molecule has 0 spiro atoms. The van der Waals surface area contributed by atoms with E-state index in [1.165, 1.54) is 19.3 Å². The summed E-state index contributed by atoms with van der Waals surface area (Å²) < 4.78 is 1.89. The number of aryl methyl sites for hydroxylation is 1. The van der Waals surface area contributed by atoms with Gasteiger partial charge in [-0.3, -0.25) is 0 Å². The summed E-state index contributed by atoms with van der Waals surface area (Å²) in [5.41, 5.74) is 0. The van der Waals surface area contributed by atoms with Gasteiger partial charge >= 0.3 is 0 Å². The molecule has 0 unspecified atom stereocenters. The van der Waals surface area contributed by atoms with Crippen molar-refractivity contribution in [3.8, 4) is 0 Å². The quantitative estimate of drug-likeness (QED) is 0.393. The zero-order chi connectivity index (χ0) is 10.9. The van der Waals surface area contributed by atoms with Crippen molar-refractivity contribution >= 4 is 6.21 Å². The summed E-state index contributed by atoms with van der Waals surface area (Å²) in [5, 5.41) is 3.86. The van der Waals surface area contributed by atoms with Crippen LogP contribution in [0.2, 0.25) is 0 Å². The van der Waals surface area contributed by atoms with Crippen LogP contribution in [0.15, 0.2) is 17.5 Å². The van der Waals surface area contributed by atoms with Gasteiger partial charge in [-0.25, -0.2) is 4.98 Å². The summed E-state index contributed by atoms with van der Waals surface area (Å²) >= 11 is 0. The number of rotatable bonds is 7. The standard InChI is InChI=1S/C11H19N3O/c1-3-4-5-6-9-15-13-10-11-12-7-8-14(11)2/h7-8,10H,3-6,9H2,1-2H3/b13-10+. The molecule has 1 heterocycles. The fourth-order valence-corrected chi connectivity index (χ4v) is 1.23. The zero-order valence-electron chi connectivity index (χ0n) is 9.52. The first-order valence-corrected chi connectivity index (χ1v) is 5.47. The molecule has 0 aliphatic rings. The van der Waals surface area contributed by atoms with Gasteiger partial charge in [0.1, 0.15) is 12.8 Å². The van der Waals surface area contributed by atoms with Crippen molar-refractivity contribution in [1.82, 2.24) is 9.55 Å². The van der Waals surface area contributed by atoms with E-state index in [1.807, 2.05) is 17.8 Å². The van der Waals surface area contributed by atoms with Gasteiger partial charge in [-0.05, 0) is 12.8 Å². The first-order chi connectivity index (χ1) is 7.34. The summed E-state index contributed by atoms with van der Waals surface area (Å²) in [6.07, 6.45) is 10.1. The molecule has 1 aromatic heterocycles. The van der Waals surface area contributed by atoms with Crippen LogP contribution >= 0.6 is 0 Å². The lowest BCUT2D eigenvalue weighted by Crippen LogP contribution is -1.96. The molecule has 0 saturated heterocycles. The molecule has 0 aliphatic heterocycles. The van der Waals surface area contributed by atoms with E-state index in [9.17, 15) is 0 Å². The number of imidazole rings is 1. The van der Waals surface area contributed by atoms with Crippen LogP contribution in [-0.4, -0.2) is 22.4 Å². The fraction of sp³-hybridized carbons (Fsp3) is 0.636. The van der Waals surface area contributed by atoms with E-state index in [4.69, 9.17) is 4.84 Å². The van der Waals surface area contributed by atoms with Crippen LogP contribution in [0, 0.1) is 0 Å². The molecule has 1 aromatic rings. The predicted molar refractivity (Wildman–Crippen MR) is 60.9 cm³/mol. The molecular formula is C11H19N3O.